The highest BCUT2D eigenvalue weighted by atomic mass is 16.7. The zero-order chi connectivity index (χ0) is 19.0. The molecule has 3 heterocycles. The van der Waals surface area contributed by atoms with Gasteiger partial charge in [-0.25, -0.2) is 4.79 Å². The van der Waals surface area contributed by atoms with E-state index in [4.69, 9.17) is 19.3 Å². The number of carboxylic acid groups (broad SMARTS) is 1. The average Bonchev–Trinajstić information content (AvgIpc) is 3.35. The fraction of sp³-hybridized carbons (Fsp3) is 0.500. The molecule has 2 atom stereocenters. The van der Waals surface area contributed by atoms with Crippen molar-refractivity contribution in [2.75, 3.05) is 33.0 Å². The quantitative estimate of drug-likeness (QED) is 0.810. The van der Waals surface area contributed by atoms with Gasteiger partial charge in [-0.05, 0) is 31.0 Å². The monoisotopic (exact) mass is 376 g/mol. The van der Waals surface area contributed by atoms with E-state index in [-0.39, 0.29) is 31.8 Å². The smallest absolute Gasteiger partial charge is 0.334 e. The summed E-state index contributed by atoms with van der Waals surface area (Å²) in [6.45, 7) is 1.10. The Kier molecular flexibility index (Phi) is 4.61. The van der Waals surface area contributed by atoms with Crippen LogP contribution in [0.15, 0.2) is 18.2 Å². The van der Waals surface area contributed by atoms with Crippen LogP contribution in [0.5, 0.6) is 11.5 Å². The van der Waals surface area contributed by atoms with Crippen LogP contribution in [0.2, 0.25) is 0 Å². The molecule has 9 heteroatoms. The molecule has 0 spiro atoms. The Balaban J connectivity index is 1.49. The molecule has 0 saturated carbocycles. The van der Waals surface area contributed by atoms with Crippen molar-refractivity contribution >= 4 is 17.8 Å². The maximum atomic E-state index is 13.0. The second-order valence-electron chi connectivity index (χ2n) is 6.71. The third kappa shape index (κ3) is 3.30. The van der Waals surface area contributed by atoms with Crippen LogP contribution in [0.3, 0.4) is 0 Å². The minimum absolute atomic E-state index is 0.00325. The second kappa shape index (κ2) is 7.07. The van der Waals surface area contributed by atoms with E-state index in [9.17, 15) is 14.4 Å². The minimum Gasteiger partial charge on any atom is -0.479 e. The summed E-state index contributed by atoms with van der Waals surface area (Å²) in [7, 11) is 0. The molecule has 0 radical (unpaired) electrons. The SMILES string of the molecule is O=C(O)C1CN(C(=O)C2CCCN2C(=O)c2ccc3c(c2)OCO3)CCO1. The van der Waals surface area contributed by atoms with E-state index in [1.807, 2.05) is 0 Å². The number of likely N-dealkylation sites (tertiary alicyclic amines) is 1. The maximum absolute atomic E-state index is 13.0. The number of fused-ring (bicyclic) bond motifs is 1. The summed E-state index contributed by atoms with van der Waals surface area (Å²) >= 11 is 0. The fourth-order valence-corrected chi connectivity index (χ4v) is 3.67. The summed E-state index contributed by atoms with van der Waals surface area (Å²) in [6, 6.07) is 4.38. The lowest BCUT2D eigenvalue weighted by atomic mass is 10.1. The first-order chi connectivity index (χ1) is 13.0. The van der Waals surface area contributed by atoms with Crippen LogP contribution in [-0.4, -0.2) is 77.9 Å². The fourth-order valence-electron chi connectivity index (χ4n) is 3.67. The number of carbonyl (C=O) groups excluding carboxylic acids is 2. The molecule has 27 heavy (non-hydrogen) atoms. The van der Waals surface area contributed by atoms with Gasteiger partial charge in [0.05, 0.1) is 13.2 Å². The van der Waals surface area contributed by atoms with Gasteiger partial charge in [0.25, 0.3) is 5.91 Å². The molecule has 4 rings (SSSR count). The van der Waals surface area contributed by atoms with Crippen molar-refractivity contribution in [1.29, 1.82) is 0 Å². The van der Waals surface area contributed by atoms with Gasteiger partial charge in [-0.1, -0.05) is 0 Å². The molecular weight excluding hydrogens is 356 g/mol. The summed E-state index contributed by atoms with van der Waals surface area (Å²) in [6.07, 6.45) is 0.256. The van der Waals surface area contributed by atoms with Gasteiger partial charge < -0.3 is 29.1 Å². The Labute approximate surface area is 155 Å². The molecule has 9 nitrogen and oxygen atoms in total. The normalized spacial score (nSPS) is 24.1. The van der Waals surface area contributed by atoms with E-state index >= 15 is 0 Å². The Morgan fingerprint density at radius 3 is 2.74 bits per heavy atom. The van der Waals surface area contributed by atoms with Crippen molar-refractivity contribution in [3.8, 4) is 11.5 Å². The number of aliphatic carboxylic acids is 1. The van der Waals surface area contributed by atoms with Crippen molar-refractivity contribution in [3.05, 3.63) is 23.8 Å². The summed E-state index contributed by atoms with van der Waals surface area (Å²) in [4.78, 5) is 40.1. The lowest BCUT2D eigenvalue weighted by Crippen LogP contribution is -2.54. The van der Waals surface area contributed by atoms with Crippen molar-refractivity contribution in [3.63, 3.8) is 0 Å². The predicted octanol–water partition coefficient (Wildman–Crippen LogP) is 0.332. The van der Waals surface area contributed by atoms with Crippen LogP contribution >= 0.6 is 0 Å². The molecule has 2 amide bonds. The highest BCUT2D eigenvalue weighted by Gasteiger charge is 2.39. The number of carboxylic acids is 1. The molecule has 144 valence electrons. The van der Waals surface area contributed by atoms with E-state index in [1.54, 1.807) is 23.1 Å². The maximum Gasteiger partial charge on any atom is 0.334 e. The predicted molar refractivity (Wildman–Crippen MR) is 90.6 cm³/mol. The molecule has 2 fully saturated rings. The lowest BCUT2D eigenvalue weighted by molar-refractivity contribution is -0.160. The van der Waals surface area contributed by atoms with E-state index in [2.05, 4.69) is 0 Å². The molecule has 1 aromatic carbocycles. The standard InChI is InChI=1S/C18H20N2O7/c21-16(11-3-4-13-14(8-11)27-10-26-13)20-5-1-2-12(20)17(22)19-6-7-25-15(9-19)18(23)24/h3-4,8,12,15H,1-2,5-7,9-10H2,(H,23,24). The van der Waals surface area contributed by atoms with Gasteiger partial charge in [0, 0.05) is 18.7 Å². The van der Waals surface area contributed by atoms with Gasteiger partial charge >= 0.3 is 5.97 Å². The number of amides is 2. The van der Waals surface area contributed by atoms with E-state index in [0.717, 1.165) is 6.42 Å². The van der Waals surface area contributed by atoms with Crippen LogP contribution < -0.4 is 9.47 Å². The van der Waals surface area contributed by atoms with Gasteiger partial charge in [0.15, 0.2) is 17.6 Å². The van der Waals surface area contributed by atoms with E-state index in [1.165, 1.54) is 4.90 Å². The molecule has 1 aromatic rings. The first kappa shape index (κ1) is 17.6. The summed E-state index contributed by atoms with van der Waals surface area (Å²) in [5, 5.41) is 9.12. The van der Waals surface area contributed by atoms with E-state index < -0.39 is 18.1 Å². The van der Waals surface area contributed by atoms with Crippen LogP contribution in [0.4, 0.5) is 0 Å². The third-order valence-electron chi connectivity index (χ3n) is 5.07. The minimum atomic E-state index is -1.09. The van der Waals surface area contributed by atoms with Crippen molar-refractivity contribution in [1.82, 2.24) is 9.80 Å². The molecule has 0 aliphatic carbocycles. The molecular formula is C18H20N2O7. The van der Waals surface area contributed by atoms with Crippen molar-refractivity contribution < 1.29 is 33.7 Å². The second-order valence-corrected chi connectivity index (χ2v) is 6.71. The molecule has 2 unspecified atom stereocenters. The van der Waals surface area contributed by atoms with Gasteiger partial charge in [0.1, 0.15) is 6.04 Å². The Morgan fingerprint density at radius 1 is 1.11 bits per heavy atom. The highest BCUT2D eigenvalue weighted by molar-refractivity contribution is 5.98. The number of hydrogen-bond acceptors (Lipinski definition) is 6. The number of rotatable bonds is 3. The third-order valence-corrected chi connectivity index (χ3v) is 5.07. The molecule has 0 bridgehead atoms. The lowest BCUT2D eigenvalue weighted by Gasteiger charge is -2.34. The number of nitrogens with zero attached hydrogens (tertiary/aromatic N) is 2. The molecule has 1 N–H and O–H groups in total. The van der Waals surface area contributed by atoms with E-state index in [0.29, 0.717) is 36.6 Å². The zero-order valence-corrected chi connectivity index (χ0v) is 14.6. The number of carbonyl (C=O) groups is 3. The Morgan fingerprint density at radius 2 is 1.93 bits per heavy atom. The number of benzene rings is 1. The zero-order valence-electron chi connectivity index (χ0n) is 14.6. The number of ether oxygens (including phenoxy) is 3. The van der Waals surface area contributed by atoms with Crippen LogP contribution in [-0.2, 0) is 14.3 Å². The number of morpholine rings is 1. The molecule has 0 aromatic heterocycles. The van der Waals surface area contributed by atoms with Gasteiger partial charge in [-0.3, -0.25) is 9.59 Å². The summed E-state index contributed by atoms with van der Waals surface area (Å²) in [5.74, 6) is -0.454. The van der Waals surface area contributed by atoms with Crippen molar-refractivity contribution in [2.45, 2.75) is 25.0 Å². The van der Waals surface area contributed by atoms with Crippen LogP contribution in [0, 0.1) is 0 Å². The first-order valence-electron chi connectivity index (χ1n) is 8.88. The van der Waals surface area contributed by atoms with Gasteiger partial charge in [-0.2, -0.15) is 0 Å². The van der Waals surface area contributed by atoms with Gasteiger partial charge in [-0.15, -0.1) is 0 Å². The average molecular weight is 376 g/mol. The first-order valence-corrected chi connectivity index (χ1v) is 8.88. The van der Waals surface area contributed by atoms with Gasteiger partial charge in [0.2, 0.25) is 12.7 Å². The Bertz CT molecular complexity index is 781. The van der Waals surface area contributed by atoms with Crippen LogP contribution in [0.25, 0.3) is 0 Å². The summed E-state index contributed by atoms with van der Waals surface area (Å²) in [5.41, 5.74) is 0.435. The van der Waals surface area contributed by atoms with Crippen LogP contribution in [0.1, 0.15) is 23.2 Å². The molecule has 3 aliphatic heterocycles. The topological polar surface area (TPSA) is 106 Å². The largest absolute Gasteiger partial charge is 0.479 e. The van der Waals surface area contributed by atoms with Crippen molar-refractivity contribution in [2.24, 2.45) is 0 Å². The Hall–Kier alpha value is -2.81. The highest BCUT2D eigenvalue weighted by Crippen LogP contribution is 2.33. The number of hydrogen-bond donors (Lipinski definition) is 1. The molecule has 2 saturated heterocycles. The molecule has 3 aliphatic rings. The summed E-state index contributed by atoms with van der Waals surface area (Å²) < 4.78 is 15.7.